The standard InChI is InChI=1S/C24H25ClN4O2S/c1-4-12-32-24-27-23-26-15(2)21(16(3)30)22(29(23)28-24)18-8-10-20(11-9-18)31-14-17-6-5-7-19(25)13-17/h5-11,13,22H,4,12,14H2,1-3H3,(H,26,27,28). The van der Waals surface area contributed by atoms with Crippen molar-refractivity contribution in [3.8, 4) is 5.75 Å². The van der Waals surface area contributed by atoms with Gasteiger partial charge in [0.25, 0.3) is 0 Å². The first-order valence-electron chi connectivity index (χ1n) is 10.5. The van der Waals surface area contributed by atoms with Crippen molar-refractivity contribution in [2.24, 2.45) is 0 Å². The molecule has 0 spiro atoms. The molecule has 1 aliphatic heterocycles. The predicted molar refractivity (Wildman–Crippen MR) is 128 cm³/mol. The van der Waals surface area contributed by atoms with Crippen molar-refractivity contribution >= 4 is 35.1 Å². The lowest BCUT2D eigenvalue weighted by atomic mass is 9.93. The third-order valence-electron chi connectivity index (χ3n) is 5.14. The zero-order valence-corrected chi connectivity index (χ0v) is 19.8. The molecule has 1 N–H and O–H groups in total. The minimum absolute atomic E-state index is 0.00481. The Balaban J connectivity index is 1.60. The van der Waals surface area contributed by atoms with Gasteiger partial charge in [0, 0.05) is 22.0 Å². The van der Waals surface area contributed by atoms with Crippen LogP contribution in [0.4, 0.5) is 5.95 Å². The summed E-state index contributed by atoms with van der Waals surface area (Å²) >= 11 is 7.66. The topological polar surface area (TPSA) is 69.0 Å². The molecule has 0 bridgehead atoms. The van der Waals surface area contributed by atoms with Gasteiger partial charge in [-0.05, 0) is 55.7 Å². The number of Topliss-reactive ketones (excluding diaryl/α,β-unsaturated/α-hetero) is 1. The average Bonchev–Trinajstić information content (AvgIpc) is 3.18. The predicted octanol–water partition coefficient (Wildman–Crippen LogP) is 5.89. The van der Waals surface area contributed by atoms with Crippen LogP contribution in [-0.2, 0) is 11.4 Å². The van der Waals surface area contributed by atoms with E-state index in [4.69, 9.17) is 21.4 Å². The third-order valence-corrected chi connectivity index (χ3v) is 6.42. The summed E-state index contributed by atoms with van der Waals surface area (Å²) in [4.78, 5) is 17.2. The average molecular weight is 469 g/mol. The number of hydrogen-bond acceptors (Lipinski definition) is 6. The molecule has 0 aliphatic carbocycles. The largest absolute Gasteiger partial charge is 0.489 e. The van der Waals surface area contributed by atoms with Gasteiger partial charge < -0.3 is 10.1 Å². The number of ether oxygens (including phenoxy) is 1. The molecule has 166 valence electrons. The molecule has 6 nitrogen and oxygen atoms in total. The van der Waals surface area contributed by atoms with Crippen molar-refractivity contribution in [3.63, 3.8) is 0 Å². The number of carbonyl (C=O) groups is 1. The maximum absolute atomic E-state index is 12.5. The highest BCUT2D eigenvalue weighted by molar-refractivity contribution is 7.99. The Labute approximate surface area is 197 Å². The van der Waals surface area contributed by atoms with Crippen LogP contribution in [0.3, 0.4) is 0 Å². The molecule has 2 heterocycles. The lowest BCUT2D eigenvalue weighted by Gasteiger charge is -2.28. The fourth-order valence-electron chi connectivity index (χ4n) is 3.69. The molecule has 0 saturated carbocycles. The van der Waals surface area contributed by atoms with E-state index in [0.717, 1.165) is 34.7 Å². The highest BCUT2D eigenvalue weighted by Gasteiger charge is 2.32. The molecule has 32 heavy (non-hydrogen) atoms. The van der Waals surface area contributed by atoms with Crippen LogP contribution in [0.5, 0.6) is 5.75 Å². The van der Waals surface area contributed by atoms with Crippen molar-refractivity contribution in [2.75, 3.05) is 11.1 Å². The number of nitrogens with zero attached hydrogens (tertiary/aromatic N) is 3. The van der Waals surface area contributed by atoms with Gasteiger partial charge in [0.05, 0.1) is 0 Å². The van der Waals surface area contributed by atoms with Gasteiger partial charge in [0.2, 0.25) is 11.1 Å². The second-order valence-corrected chi connectivity index (χ2v) is 9.12. The second kappa shape index (κ2) is 9.79. The fourth-order valence-corrected chi connectivity index (χ4v) is 4.59. The first kappa shape index (κ1) is 22.4. The van der Waals surface area contributed by atoms with Crippen LogP contribution in [0.1, 0.15) is 44.4 Å². The van der Waals surface area contributed by atoms with Crippen LogP contribution < -0.4 is 10.1 Å². The van der Waals surface area contributed by atoms with E-state index in [9.17, 15) is 4.79 Å². The van der Waals surface area contributed by atoms with E-state index < -0.39 is 0 Å². The highest BCUT2D eigenvalue weighted by Crippen LogP contribution is 2.37. The number of thioether (sulfide) groups is 1. The van der Waals surface area contributed by atoms with Crippen LogP contribution in [0.2, 0.25) is 5.02 Å². The Morgan fingerprint density at radius 2 is 2.03 bits per heavy atom. The molecule has 8 heteroatoms. The maximum atomic E-state index is 12.5. The van der Waals surface area contributed by atoms with Crippen molar-refractivity contribution in [1.82, 2.24) is 14.8 Å². The minimum atomic E-state index is -0.339. The maximum Gasteiger partial charge on any atom is 0.227 e. The molecule has 0 fully saturated rings. The molecular weight excluding hydrogens is 444 g/mol. The Bertz CT molecular complexity index is 1160. The Morgan fingerprint density at radius 1 is 1.25 bits per heavy atom. The Kier molecular flexibility index (Phi) is 6.86. The van der Waals surface area contributed by atoms with Crippen LogP contribution >= 0.6 is 23.4 Å². The van der Waals surface area contributed by atoms with Gasteiger partial charge in [-0.1, -0.05) is 54.6 Å². The van der Waals surface area contributed by atoms with Crippen molar-refractivity contribution in [3.05, 3.63) is 76.0 Å². The van der Waals surface area contributed by atoms with Crippen molar-refractivity contribution < 1.29 is 9.53 Å². The van der Waals surface area contributed by atoms with Gasteiger partial charge in [-0.15, -0.1) is 5.10 Å². The molecule has 3 aromatic rings. The number of benzene rings is 2. The summed E-state index contributed by atoms with van der Waals surface area (Å²) in [6.07, 6.45) is 1.04. The first-order chi connectivity index (χ1) is 15.5. The van der Waals surface area contributed by atoms with Crippen LogP contribution in [0, 0.1) is 0 Å². The van der Waals surface area contributed by atoms with E-state index in [-0.39, 0.29) is 11.8 Å². The van der Waals surface area contributed by atoms with Gasteiger partial charge in [0.1, 0.15) is 18.4 Å². The van der Waals surface area contributed by atoms with Crippen LogP contribution in [-0.4, -0.2) is 26.3 Å². The SMILES string of the molecule is CCCSc1nc2n(n1)C(c1ccc(OCc3cccc(Cl)c3)cc1)C(C(C)=O)=C(C)N2. The van der Waals surface area contributed by atoms with E-state index in [1.165, 1.54) is 0 Å². The number of halogens is 1. The van der Waals surface area contributed by atoms with E-state index in [0.29, 0.717) is 28.3 Å². The molecule has 1 aromatic heterocycles. The lowest BCUT2D eigenvalue weighted by Crippen LogP contribution is -2.27. The second-order valence-electron chi connectivity index (χ2n) is 7.62. The number of carbonyl (C=O) groups excluding carboxylic acids is 1. The summed E-state index contributed by atoms with van der Waals surface area (Å²) in [6, 6.07) is 15.0. The monoisotopic (exact) mass is 468 g/mol. The number of aromatic nitrogens is 3. The molecule has 0 radical (unpaired) electrons. The normalized spacial score (nSPS) is 15.3. The molecule has 2 aromatic carbocycles. The molecule has 1 aliphatic rings. The quantitative estimate of drug-likeness (QED) is 0.415. The number of anilines is 1. The molecular formula is C24H25ClN4O2S. The van der Waals surface area contributed by atoms with E-state index >= 15 is 0 Å². The summed E-state index contributed by atoms with van der Waals surface area (Å²) in [5, 5.41) is 9.33. The van der Waals surface area contributed by atoms with Gasteiger partial charge >= 0.3 is 0 Å². The number of rotatable bonds is 8. The fraction of sp³-hybridized carbons (Fsp3) is 0.292. The third kappa shape index (κ3) is 4.84. The van der Waals surface area contributed by atoms with E-state index in [1.807, 2.05) is 60.1 Å². The highest BCUT2D eigenvalue weighted by atomic mass is 35.5. The number of hydrogen-bond donors (Lipinski definition) is 1. The summed E-state index contributed by atoms with van der Waals surface area (Å²) in [7, 11) is 0. The zero-order chi connectivity index (χ0) is 22.7. The zero-order valence-electron chi connectivity index (χ0n) is 18.3. The van der Waals surface area contributed by atoms with Gasteiger partial charge in [-0.2, -0.15) is 4.98 Å². The van der Waals surface area contributed by atoms with Gasteiger partial charge in [-0.25, -0.2) is 4.68 Å². The van der Waals surface area contributed by atoms with Crippen molar-refractivity contribution in [1.29, 1.82) is 0 Å². The number of fused-ring (bicyclic) bond motifs is 1. The van der Waals surface area contributed by atoms with E-state index in [1.54, 1.807) is 18.7 Å². The summed E-state index contributed by atoms with van der Waals surface area (Å²) in [5.74, 6) is 2.34. The Morgan fingerprint density at radius 3 is 2.72 bits per heavy atom. The van der Waals surface area contributed by atoms with E-state index in [2.05, 4.69) is 17.2 Å². The molecule has 0 amide bonds. The van der Waals surface area contributed by atoms with Gasteiger partial charge in [-0.3, -0.25) is 4.79 Å². The van der Waals surface area contributed by atoms with Crippen LogP contribution in [0.25, 0.3) is 0 Å². The molecule has 4 rings (SSSR count). The molecule has 1 unspecified atom stereocenters. The molecule has 0 saturated heterocycles. The lowest BCUT2D eigenvalue weighted by molar-refractivity contribution is -0.114. The van der Waals surface area contributed by atoms with Crippen molar-refractivity contribution in [2.45, 2.75) is 45.0 Å². The minimum Gasteiger partial charge on any atom is -0.489 e. The number of nitrogens with one attached hydrogen (secondary N) is 1. The number of ketones is 1. The smallest absolute Gasteiger partial charge is 0.227 e. The Hall–Kier alpha value is -2.77. The first-order valence-corrected chi connectivity index (χ1v) is 11.9. The summed E-state index contributed by atoms with van der Waals surface area (Å²) < 4.78 is 7.72. The summed E-state index contributed by atoms with van der Waals surface area (Å²) in [6.45, 7) is 6.05. The molecule has 1 atom stereocenters. The van der Waals surface area contributed by atoms with Crippen LogP contribution in [0.15, 0.2) is 65.0 Å². The summed E-state index contributed by atoms with van der Waals surface area (Å²) in [5.41, 5.74) is 3.43. The number of allylic oxidation sites excluding steroid dienone is 2. The van der Waals surface area contributed by atoms with Gasteiger partial charge in [0.15, 0.2) is 5.78 Å².